The standard InChI is InChI=1S/C19H27N3O2/c1-3-21(4-2)13-15-24-14-10-20-19(23)17-8-7-9-18(16-17)22-11-5-6-12-22/h5-9,11-12,16H,3-4,10,13-15H2,1-2H3,(H,20,23). The first kappa shape index (κ1) is 18.2. The number of nitrogens with zero attached hydrogens (tertiary/aromatic N) is 2. The van der Waals surface area contributed by atoms with Crippen LogP contribution in [-0.2, 0) is 4.74 Å². The van der Waals surface area contributed by atoms with Gasteiger partial charge in [-0.1, -0.05) is 19.9 Å². The quantitative estimate of drug-likeness (QED) is 0.682. The molecule has 0 saturated carbocycles. The number of likely N-dealkylation sites (N-methyl/N-ethyl adjacent to an activating group) is 1. The van der Waals surface area contributed by atoms with Crippen LogP contribution in [0.2, 0.25) is 0 Å². The summed E-state index contributed by atoms with van der Waals surface area (Å²) in [4.78, 5) is 14.5. The Morgan fingerprint density at radius 2 is 1.88 bits per heavy atom. The third-order valence-electron chi connectivity index (χ3n) is 3.99. The van der Waals surface area contributed by atoms with E-state index in [-0.39, 0.29) is 5.91 Å². The molecule has 0 spiro atoms. The van der Waals surface area contributed by atoms with E-state index in [9.17, 15) is 4.79 Å². The van der Waals surface area contributed by atoms with Crippen molar-refractivity contribution in [2.24, 2.45) is 0 Å². The minimum absolute atomic E-state index is 0.0728. The van der Waals surface area contributed by atoms with E-state index in [4.69, 9.17) is 4.74 Å². The molecule has 0 aliphatic rings. The zero-order chi connectivity index (χ0) is 17.2. The highest BCUT2D eigenvalue weighted by Gasteiger charge is 2.06. The molecular formula is C19H27N3O2. The van der Waals surface area contributed by atoms with Gasteiger partial charge in [0.25, 0.3) is 5.91 Å². The maximum atomic E-state index is 12.2. The van der Waals surface area contributed by atoms with Gasteiger partial charge in [0.05, 0.1) is 13.2 Å². The molecule has 2 aromatic rings. The molecule has 0 atom stereocenters. The molecule has 0 unspecified atom stereocenters. The third kappa shape index (κ3) is 5.51. The fourth-order valence-electron chi connectivity index (χ4n) is 2.49. The number of nitrogens with one attached hydrogen (secondary N) is 1. The van der Waals surface area contributed by atoms with Crippen LogP contribution in [0.3, 0.4) is 0 Å². The average Bonchev–Trinajstić information content (AvgIpc) is 3.16. The van der Waals surface area contributed by atoms with E-state index >= 15 is 0 Å². The average molecular weight is 329 g/mol. The van der Waals surface area contributed by atoms with Crippen molar-refractivity contribution in [3.8, 4) is 5.69 Å². The molecule has 1 heterocycles. The van der Waals surface area contributed by atoms with Crippen molar-refractivity contribution in [3.63, 3.8) is 0 Å². The van der Waals surface area contributed by atoms with Gasteiger partial charge in [-0.2, -0.15) is 0 Å². The molecule has 0 radical (unpaired) electrons. The van der Waals surface area contributed by atoms with Crippen LogP contribution in [0.15, 0.2) is 48.8 Å². The number of carbonyl (C=O) groups excluding carboxylic acids is 1. The molecule has 0 aliphatic heterocycles. The zero-order valence-corrected chi connectivity index (χ0v) is 14.6. The highest BCUT2D eigenvalue weighted by Crippen LogP contribution is 2.10. The highest BCUT2D eigenvalue weighted by atomic mass is 16.5. The number of hydrogen-bond acceptors (Lipinski definition) is 3. The van der Waals surface area contributed by atoms with Crippen LogP contribution < -0.4 is 5.32 Å². The van der Waals surface area contributed by atoms with Crippen LogP contribution in [-0.4, -0.2) is 54.8 Å². The normalized spacial score (nSPS) is 11.0. The number of rotatable bonds is 10. The lowest BCUT2D eigenvalue weighted by atomic mass is 10.2. The van der Waals surface area contributed by atoms with Gasteiger partial charge in [0.15, 0.2) is 0 Å². The highest BCUT2D eigenvalue weighted by molar-refractivity contribution is 5.94. The molecule has 1 N–H and O–H groups in total. The smallest absolute Gasteiger partial charge is 0.251 e. The van der Waals surface area contributed by atoms with Crippen molar-refractivity contribution in [2.75, 3.05) is 39.4 Å². The van der Waals surface area contributed by atoms with Gasteiger partial charge in [0.1, 0.15) is 0 Å². The van der Waals surface area contributed by atoms with Crippen molar-refractivity contribution in [2.45, 2.75) is 13.8 Å². The topological polar surface area (TPSA) is 46.5 Å². The summed E-state index contributed by atoms with van der Waals surface area (Å²) in [6.45, 7) is 9.04. The van der Waals surface area contributed by atoms with Gasteiger partial charge in [0, 0.05) is 36.7 Å². The van der Waals surface area contributed by atoms with Gasteiger partial charge in [-0.25, -0.2) is 0 Å². The summed E-state index contributed by atoms with van der Waals surface area (Å²) >= 11 is 0. The van der Waals surface area contributed by atoms with Crippen molar-refractivity contribution < 1.29 is 9.53 Å². The van der Waals surface area contributed by atoms with E-state index in [1.54, 1.807) is 0 Å². The summed E-state index contributed by atoms with van der Waals surface area (Å²) in [6, 6.07) is 11.5. The van der Waals surface area contributed by atoms with Gasteiger partial charge in [0.2, 0.25) is 0 Å². The first-order valence-corrected chi connectivity index (χ1v) is 8.56. The fourth-order valence-corrected chi connectivity index (χ4v) is 2.49. The van der Waals surface area contributed by atoms with Gasteiger partial charge in [-0.3, -0.25) is 4.79 Å². The third-order valence-corrected chi connectivity index (χ3v) is 3.99. The molecular weight excluding hydrogens is 302 g/mol. The summed E-state index contributed by atoms with van der Waals surface area (Å²) in [7, 11) is 0. The number of ether oxygens (including phenoxy) is 1. The molecule has 24 heavy (non-hydrogen) atoms. The molecule has 130 valence electrons. The second-order valence-corrected chi connectivity index (χ2v) is 5.54. The van der Waals surface area contributed by atoms with Gasteiger partial charge >= 0.3 is 0 Å². The molecule has 1 aromatic carbocycles. The van der Waals surface area contributed by atoms with E-state index in [1.807, 2.05) is 53.4 Å². The van der Waals surface area contributed by atoms with Crippen molar-refractivity contribution in [3.05, 3.63) is 54.4 Å². The van der Waals surface area contributed by atoms with Crippen LogP contribution in [0.4, 0.5) is 0 Å². The Morgan fingerprint density at radius 3 is 2.58 bits per heavy atom. The maximum Gasteiger partial charge on any atom is 0.251 e. The lowest BCUT2D eigenvalue weighted by Crippen LogP contribution is -2.30. The van der Waals surface area contributed by atoms with Gasteiger partial charge in [-0.15, -0.1) is 0 Å². The number of benzene rings is 1. The summed E-state index contributed by atoms with van der Waals surface area (Å²) in [5.41, 5.74) is 1.63. The van der Waals surface area contributed by atoms with E-state index in [2.05, 4.69) is 24.1 Å². The molecule has 1 amide bonds. The second kappa shape index (κ2) is 9.90. The van der Waals surface area contributed by atoms with E-state index in [0.717, 1.165) is 25.3 Å². The zero-order valence-electron chi connectivity index (χ0n) is 14.6. The van der Waals surface area contributed by atoms with Crippen molar-refractivity contribution in [1.29, 1.82) is 0 Å². The summed E-state index contributed by atoms with van der Waals surface area (Å²) in [5, 5.41) is 2.90. The minimum Gasteiger partial charge on any atom is -0.378 e. The Morgan fingerprint density at radius 1 is 1.12 bits per heavy atom. The van der Waals surface area contributed by atoms with Gasteiger partial charge < -0.3 is 19.5 Å². The molecule has 5 heteroatoms. The van der Waals surface area contributed by atoms with Crippen LogP contribution in [0, 0.1) is 0 Å². The Hall–Kier alpha value is -2.11. The second-order valence-electron chi connectivity index (χ2n) is 5.54. The van der Waals surface area contributed by atoms with Gasteiger partial charge in [-0.05, 0) is 43.4 Å². The van der Waals surface area contributed by atoms with Crippen molar-refractivity contribution in [1.82, 2.24) is 14.8 Å². The van der Waals surface area contributed by atoms with Crippen LogP contribution >= 0.6 is 0 Å². The molecule has 2 rings (SSSR count). The maximum absolute atomic E-state index is 12.2. The lowest BCUT2D eigenvalue weighted by Gasteiger charge is -2.17. The molecule has 5 nitrogen and oxygen atoms in total. The van der Waals surface area contributed by atoms with Crippen LogP contribution in [0.5, 0.6) is 0 Å². The fraction of sp³-hybridized carbons (Fsp3) is 0.421. The number of amides is 1. The lowest BCUT2D eigenvalue weighted by molar-refractivity contribution is 0.0884. The molecule has 0 aliphatic carbocycles. The number of carbonyl (C=O) groups is 1. The summed E-state index contributed by atoms with van der Waals surface area (Å²) < 4.78 is 7.56. The predicted molar refractivity (Wildman–Crippen MR) is 96.7 cm³/mol. The van der Waals surface area contributed by atoms with E-state index in [0.29, 0.717) is 25.3 Å². The monoisotopic (exact) mass is 329 g/mol. The Bertz CT molecular complexity index is 607. The first-order valence-electron chi connectivity index (χ1n) is 8.56. The number of aromatic nitrogens is 1. The van der Waals surface area contributed by atoms with E-state index in [1.165, 1.54) is 0 Å². The predicted octanol–water partition coefficient (Wildman–Crippen LogP) is 2.57. The largest absolute Gasteiger partial charge is 0.378 e. The Balaban J connectivity index is 1.72. The van der Waals surface area contributed by atoms with Crippen LogP contribution in [0.25, 0.3) is 5.69 Å². The summed E-state index contributed by atoms with van der Waals surface area (Å²) in [5.74, 6) is -0.0728. The molecule has 1 aromatic heterocycles. The Kier molecular flexibility index (Phi) is 7.52. The summed E-state index contributed by atoms with van der Waals surface area (Å²) in [6.07, 6.45) is 3.92. The Labute approximate surface area is 144 Å². The minimum atomic E-state index is -0.0728. The molecule has 0 bridgehead atoms. The molecule has 0 fully saturated rings. The van der Waals surface area contributed by atoms with Crippen molar-refractivity contribution >= 4 is 5.91 Å². The van der Waals surface area contributed by atoms with E-state index < -0.39 is 0 Å². The number of hydrogen-bond donors (Lipinski definition) is 1. The van der Waals surface area contributed by atoms with Crippen LogP contribution in [0.1, 0.15) is 24.2 Å². The first-order chi connectivity index (χ1) is 11.7. The molecule has 0 saturated heterocycles. The SMILES string of the molecule is CCN(CC)CCOCCNC(=O)c1cccc(-n2cccc2)c1.